The van der Waals surface area contributed by atoms with Crippen molar-refractivity contribution in [3.8, 4) is 0 Å². The van der Waals surface area contributed by atoms with Crippen molar-refractivity contribution in [1.29, 1.82) is 0 Å². The molecule has 6 radical (unpaired) electrons. The van der Waals surface area contributed by atoms with Crippen LogP contribution in [0.1, 0.15) is 0 Å². The van der Waals surface area contributed by atoms with Gasteiger partial charge in [0, 0.05) is 40.5 Å². The van der Waals surface area contributed by atoms with Gasteiger partial charge in [0.05, 0.1) is 0 Å². The van der Waals surface area contributed by atoms with E-state index in [4.69, 9.17) is 19.6 Å². The van der Waals surface area contributed by atoms with Crippen molar-refractivity contribution in [3.63, 3.8) is 0 Å². The molecule has 0 aliphatic carbocycles. The molecule has 13 heavy (non-hydrogen) atoms. The molecule has 0 atom stereocenters. The lowest BCUT2D eigenvalue weighted by Gasteiger charge is -1.83. The van der Waals surface area contributed by atoms with E-state index < -0.39 is 13.6 Å². The summed E-state index contributed by atoms with van der Waals surface area (Å²) >= 11 is 5.58. The minimum Gasteiger partial charge on any atom is -0.317 e. The highest BCUT2D eigenvalue weighted by atomic mass is 32.7. The number of thiol groups is 2. The van der Waals surface area contributed by atoms with Crippen LogP contribution in [0.5, 0.6) is 0 Å². The largest absolute Gasteiger partial charge is 0.380 e. The first-order valence-electron chi connectivity index (χ1n) is 1.57. The predicted molar refractivity (Wildman–Crippen MR) is 64.8 cm³/mol. The first kappa shape index (κ1) is 29.4. The van der Waals surface area contributed by atoms with Gasteiger partial charge in [-0.2, -0.15) is 0 Å². The molecule has 0 aromatic carbocycles. The Morgan fingerprint density at radius 3 is 0.692 bits per heavy atom. The summed E-state index contributed by atoms with van der Waals surface area (Å²) < 4.78 is 18.4. The maximum absolute atomic E-state index is 9.19. The van der Waals surface area contributed by atoms with Crippen molar-refractivity contribution in [2.45, 2.75) is 0 Å². The maximum Gasteiger partial charge on any atom is 0.380 e. The van der Waals surface area contributed by atoms with E-state index in [1.807, 2.05) is 0 Å². The van der Waals surface area contributed by atoms with Crippen LogP contribution in [-0.2, 0) is 9.13 Å². The Morgan fingerprint density at radius 1 is 0.692 bits per heavy atom. The molecule has 0 saturated heterocycles. The standard InChI is InChI=1S/2H3O3PS.3S/c2*1-4(2,3)5;;;/h2*(H3,1,2,3,5);;;. The van der Waals surface area contributed by atoms with E-state index in [9.17, 15) is 9.13 Å². The van der Waals surface area contributed by atoms with Gasteiger partial charge in [0.2, 0.25) is 0 Å². The molecule has 13 heteroatoms. The lowest BCUT2D eigenvalue weighted by molar-refractivity contribution is 0.395. The zero-order valence-corrected chi connectivity index (χ0v) is 11.6. The molecule has 0 aromatic heterocycles. The molecule has 0 unspecified atom stereocenters. The summed E-state index contributed by atoms with van der Waals surface area (Å²) in [4.78, 5) is 30.0. The summed E-state index contributed by atoms with van der Waals surface area (Å²) in [5.41, 5.74) is 0. The maximum atomic E-state index is 9.19. The molecular formula is H6O6P2S5. The Balaban J connectivity index is -0.0000000267. The summed E-state index contributed by atoms with van der Waals surface area (Å²) in [5, 5.41) is 0. The van der Waals surface area contributed by atoms with Crippen LogP contribution >= 0.6 is 78.6 Å². The lowest BCUT2D eigenvalue weighted by atomic mass is 15.8. The Labute approximate surface area is 107 Å². The topological polar surface area (TPSA) is 115 Å². The number of hydrogen-bond acceptors (Lipinski definition) is 2. The zero-order chi connectivity index (χ0) is 9.00. The Hall–Kier alpha value is 2.05. The van der Waals surface area contributed by atoms with Crippen molar-refractivity contribution in [2.24, 2.45) is 0 Å². The summed E-state index contributed by atoms with van der Waals surface area (Å²) in [6, 6.07) is 0. The predicted octanol–water partition coefficient (Wildman–Crippen LogP) is 1.96. The Morgan fingerprint density at radius 2 is 0.692 bits per heavy atom. The van der Waals surface area contributed by atoms with Gasteiger partial charge < -0.3 is 19.6 Å². The molecule has 0 amide bonds. The van der Waals surface area contributed by atoms with Gasteiger partial charge in [0.1, 0.15) is 0 Å². The Kier molecular flexibility index (Phi) is 27.4. The second kappa shape index (κ2) is 12.1. The average molecular weight is 324 g/mol. The van der Waals surface area contributed by atoms with Gasteiger partial charge in [-0.05, 0) is 0 Å². The molecule has 82 valence electrons. The van der Waals surface area contributed by atoms with Crippen LogP contribution in [0.3, 0.4) is 0 Å². The third-order valence-electron chi connectivity index (χ3n) is 0. The molecular weight excluding hydrogens is 318 g/mol. The van der Waals surface area contributed by atoms with E-state index in [-0.39, 0.29) is 40.5 Å². The van der Waals surface area contributed by atoms with Crippen molar-refractivity contribution in [2.75, 3.05) is 0 Å². The average Bonchev–Trinajstić information content (AvgIpc) is 1.12. The van der Waals surface area contributed by atoms with E-state index >= 15 is 0 Å². The van der Waals surface area contributed by atoms with E-state index in [1.54, 1.807) is 0 Å². The minimum absolute atomic E-state index is 0. The van der Waals surface area contributed by atoms with E-state index in [1.165, 1.54) is 0 Å². The quantitative estimate of drug-likeness (QED) is 0.300. The molecule has 0 saturated carbocycles. The highest BCUT2D eigenvalue weighted by Gasteiger charge is 1.98. The Bertz CT molecular complexity index is 131. The molecule has 0 bridgehead atoms. The van der Waals surface area contributed by atoms with Gasteiger partial charge in [-0.15, -0.1) is 0 Å². The van der Waals surface area contributed by atoms with Crippen LogP contribution in [0.4, 0.5) is 0 Å². The monoisotopic (exact) mass is 324 g/mol. The van der Waals surface area contributed by atoms with Gasteiger partial charge in [-0.3, -0.25) is 0 Å². The normalized spacial score (nSPS) is 9.08. The summed E-state index contributed by atoms with van der Waals surface area (Å²) in [6.07, 6.45) is 0. The number of hydrogen-bond donors (Lipinski definition) is 6. The summed E-state index contributed by atoms with van der Waals surface area (Å²) in [5.74, 6) is 0. The first-order valence-corrected chi connectivity index (χ1v) is 7.10. The summed E-state index contributed by atoms with van der Waals surface area (Å²) in [7, 11) is 0. The second-order valence-corrected chi connectivity index (χ2v) is 6.21. The fraction of sp³-hybridized carbons (Fsp3) is 0. The highest BCUT2D eigenvalue weighted by Crippen LogP contribution is 2.39. The van der Waals surface area contributed by atoms with Crippen molar-refractivity contribution in [3.05, 3.63) is 0 Å². The van der Waals surface area contributed by atoms with Crippen LogP contribution in [0.2, 0.25) is 0 Å². The van der Waals surface area contributed by atoms with Gasteiger partial charge >= 0.3 is 13.6 Å². The van der Waals surface area contributed by atoms with E-state index in [2.05, 4.69) is 24.5 Å². The van der Waals surface area contributed by atoms with Crippen molar-refractivity contribution in [1.82, 2.24) is 0 Å². The zero-order valence-electron chi connectivity index (χ0n) is 5.62. The molecule has 0 aliphatic rings. The first-order chi connectivity index (χ1) is 4.00. The van der Waals surface area contributed by atoms with Crippen LogP contribution in [-0.4, -0.2) is 19.6 Å². The van der Waals surface area contributed by atoms with Gasteiger partial charge in [-0.1, -0.05) is 24.5 Å². The van der Waals surface area contributed by atoms with Gasteiger partial charge in [0.15, 0.2) is 0 Å². The van der Waals surface area contributed by atoms with Crippen LogP contribution in [0.15, 0.2) is 0 Å². The van der Waals surface area contributed by atoms with Crippen LogP contribution < -0.4 is 0 Å². The van der Waals surface area contributed by atoms with Crippen LogP contribution in [0.25, 0.3) is 0 Å². The van der Waals surface area contributed by atoms with Crippen LogP contribution in [0, 0.1) is 0 Å². The van der Waals surface area contributed by atoms with Crippen molar-refractivity contribution < 1.29 is 28.7 Å². The fourth-order valence-electron chi connectivity index (χ4n) is 0. The lowest BCUT2D eigenvalue weighted by Crippen LogP contribution is -1.54. The SMILES string of the molecule is O=P(O)(O)S.O=P(O)(O)S.[S].[S].[S]. The molecule has 0 aliphatic heterocycles. The minimum atomic E-state index is -3.94. The molecule has 4 N–H and O–H groups in total. The molecule has 0 aromatic rings. The second-order valence-electron chi connectivity index (χ2n) is 1.03. The molecule has 0 fully saturated rings. The fourth-order valence-corrected chi connectivity index (χ4v) is 0. The molecule has 0 rings (SSSR count). The smallest absolute Gasteiger partial charge is 0.317 e. The third kappa shape index (κ3) is 485. The summed E-state index contributed by atoms with van der Waals surface area (Å²) in [6.45, 7) is -7.89. The molecule has 0 heterocycles. The van der Waals surface area contributed by atoms with E-state index in [0.29, 0.717) is 0 Å². The highest BCUT2D eigenvalue weighted by molar-refractivity contribution is 8.44. The van der Waals surface area contributed by atoms with Gasteiger partial charge in [0.25, 0.3) is 0 Å². The van der Waals surface area contributed by atoms with E-state index in [0.717, 1.165) is 0 Å². The molecule has 6 nitrogen and oxygen atoms in total. The number of rotatable bonds is 0. The van der Waals surface area contributed by atoms with Gasteiger partial charge in [-0.25, -0.2) is 9.13 Å². The molecule has 0 spiro atoms. The third-order valence-corrected chi connectivity index (χ3v) is 0. The van der Waals surface area contributed by atoms with Crippen molar-refractivity contribution >= 4 is 78.6 Å².